The van der Waals surface area contributed by atoms with Gasteiger partial charge >= 0.3 is 24.0 Å². The number of amides is 5. The molecular weight excluding hydrogens is 1140 g/mol. The van der Waals surface area contributed by atoms with Gasteiger partial charge in [-0.1, -0.05) is 93.5 Å². The van der Waals surface area contributed by atoms with Crippen molar-refractivity contribution in [1.29, 1.82) is 0 Å². The van der Waals surface area contributed by atoms with Gasteiger partial charge in [-0.25, -0.2) is 14.4 Å². The Morgan fingerprint density at radius 3 is 1.51 bits per heavy atom. The van der Waals surface area contributed by atoms with Crippen LogP contribution >= 0.6 is 11.8 Å². The molecule has 2 aromatic rings. The SMILES string of the molecule is CC(C)(C)OC(=O)CCCCCCCCSCCCCCCCC(=O)NC(CCC(=O)NCCCOCCOCCOCCCNC(=O)COCC(=O)NCCCCC(NC(=O)OCC1c2ccccc2-c2ccccc21)C(=O)O)C(=O)OC(C)(C)C. The average molecular weight is 1240 g/mol. The topological polar surface area (TPSA) is 282 Å². The summed E-state index contributed by atoms with van der Waals surface area (Å²) in [7, 11) is 0. The van der Waals surface area contributed by atoms with Crippen LogP contribution in [0.15, 0.2) is 48.5 Å². The van der Waals surface area contributed by atoms with Crippen molar-refractivity contribution in [2.75, 3.05) is 90.6 Å². The lowest BCUT2D eigenvalue weighted by molar-refractivity contribution is -0.159. The van der Waals surface area contributed by atoms with Crippen LogP contribution < -0.4 is 26.6 Å². The van der Waals surface area contributed by atoms with Crippen LogP contribution in [0.5, 0.6) is 0 Å². The lowest BCUT2D eigenvalue weighted by Crippen LogP contribution is -2.44. The Labute approximate surface area is 521 Å². The maximum atomic E-state index is 13.0. The third-order valence-electron chi connectivity index (χ3n) is 13.7. The maximum Gasteiger partial charge on any atom is 0.407 e. The molecule has 0 fully saturated rings. The molecule has 5 amide bonds. The van der Waals surface area contributed by atoms with Crippen molar-refractivity contribution in [2.45, 2.75) is 199 Å². The van der Waals surface area contributed by atoms with E-state index in [-0.39, 0.29) is 75.2 Å². The minimum atomic E-state index is -1.19. The molecule has 0 spiro atoms. The molecule has 0 heterocycles. The average Bonchev–Trinajstić information content (AvgIpc) is 1.64. The van der Waals surface area contributed by atoms with Gasteiger partial charge in [0.05, 0.1) is 26.4 Å². The molecule has 22 heteroatoms. The van der Waals surface area contributed by atoms with Crippen molar-refractivity contribution in [3.8, 4) is 11.1 Å². The van der Waals surface area contributed by atoms with Gasteiger partial charge in [0, 0.05) is 58.0 Å². The van der Waals surface area contributed by atoms with Crippen molar-refractivity contribution in [2.24, 2.45) is 0 Å². The summed E-state index contributed by atoms with van der Waals surface area (Å²) in [4.78, 5) is 99.1. The molecular formula is C65H103N5O16S. The van der Waals surface area contributed by atoms with Crippen LogP contribution in [-0.4, -0.2) is 167 Å². The van der Waals surface area contributed by atoms with E-state index in [1.165, 1.54) is 25.0 Å². The molecule has 2 atom stereocenters. The minimum Gasteiger partial charge on any atom is -0.480 e. The number of carboxylic acid groups (broad SMARTS) is 1. The van der Waals surface area contributed by atoms with Crippen LogP contribution in [-0.2, 0) is 66.7 Å². The van der Waals surface area contributed by atoms with Gasteiger partial charge in [0.15, 0.2) is 0 Å². The fraction of sp³-hybridized carbons (Fsp3) is 0.692. The zero-order chi connectivity index (χ0) is 63.6. The van der Waals surface area contributed by atoms with Gasteiger partial charge in [-0.05, 0) is 140 Å². The Morgan fingerprint density at radius 2 is 0.966 bits per heavy atom. The van der Waals surface area contributed by atoms with Crippen LogP contribution in [0.4, 0.5) is 4.79 Å². The maximum absolute atomic E-state index is 13.0. The Kier molecular flexibility index (Phi) is 38.7. The Bertz CT molecular complexity index is 2300. The highest BCUT2D eigenvalue weighted by molar-refractivity contribution is 7.99. The number of esters is 2. The van der Waals surface area contributed by atoms with Crippen LogP contribution in [0.2, 0.25) is 0 Å². The van der Waals surface area contributed by atoms with Gasteiger partial charge < -0.3 is 64.8 Å². The predicted molar refractivity (Wildman–Crippen MR) is 335 cm³/mol. The molecule has 2 aromatic carbocycles. The van der Waals surface area contributed by atoms with Gasteiger partial charge in [-0.15, -0.1) is 0 Å². The summed E-state index contributed by atoms with van der Waals surface area (Å²) < 4.78 is 38.3. The van der Waals surface area contributed by atoms with E-state index in [2.05, 4.69) is 26.6 Å². The monoisotopic (exact) mass is 1240 g/mol. The molecule has 0 aliphatic heterocycles. The standard InChI is InChI=1S/C65H103N5O16S/c1-64(2,3)85-60(75)32-15-11-7-8-12-22-44-87-45-23-13-9-10-14-31-57(72)69-55(62(78)86-65(4,5)6)33-34-56(71)66-36-24-38-80-40-42-82-43-41-81-39-25-37-68-59(74)48-83-47-58(73)67-35-21-20-30-54(61(76)77)70-63(79)84-46-53-51-28-18-16-26-49(51)50-27-17-19-29-52(50)53/h16-19,26-29,53-55H,7-15,20-25,30-48H2,1-6H3,(H,66,71)(H,67,73)(H,68,74)(H,69,72)(H,70,79)(H,76,77). The summed E-state index contributed by atoms with van der Waals surface area (Å²) in [6, 6.07) is 13.8. The number of carboxylic acids is 1. The van der Waals surface area contributed by atoms with Gasteiger partial charge in [-0.3, -0.25) is 24.0 Å². The van der Waals surface area contributed by atoms with Gasteiger partial charge in [0.25, 0.3) is 0 Å². The number of rotatable bonds is 49. The second kappa shape index (κ2) is 44.6. The molecule has 0 saturated carbocycles. The normalized spacial score (nSPS) is 12.7. The summed E-state index contributed by atoms with van der Waals surface area (Å²) in [6.45, 7) is 13.7. The number of aliphatic carboxylic acids is 1. The summed E-state index contributed by atoms with van der Waals surface area (Å²) in [5.74, 6) is -0.955. The zero-order valence-corrected chi connectivity index (χ0v) is 53.7. The number of alkyl carbamates (subject to hydrolysis) is 1. The highest BCUT2D eigenvalue weighted by Gasteiger charge is 2.31. The number of carbonyl (C=O) groups is 8. The van der Waals surface area contributed by atoms with E-state index in [0.29, 0.717) is 91.3 Å². The molecule has 0 aromatic heterocycles. The molecule has 490 valence electrons. The number of nitrogens with one attached hydrogen (secondary N) is 5. The van der Waals surface area contributed by atoms with Gasteiger partial charge in [0.2, 0.25) is 23.6 Å². The molecule has 1 aliphatic carbocycles. The zero-order valence-electron chi connectivity index (χ0n) is 52.9. The first-order valence-electron chi connectivity index (χ1n) is 31.5. The highest BCUT2D eigenvalue weighted by atomic mass is 32.2. The fourth-order valence-corrected chi connectivity index (χ4v) is 10.4. The lowest BCUT2D eigenvalue weighted by Gasteiger charge is -2.24. The van der Waals surface area contributed by atoms with E-state index < -0.39 is 47.2 Å². The third kappa shape index (κ3) is 36.9. The second-order valence-electron chi connectivity index (χ2n) is 23.7. The first-order chi connectivity index (χ1) is 41.7. The number of thioether (sulfide) groups is 1. The van der Waals surface area contributed by atoms with Crippen molar-refractivity contribution < 1.29 is 76.6 Å². The number of carbonyl (C=O) groups excluding carboxylic acids is 7. The molecule has 3 rings (SSSR count). The summed E-state index contributed by atoms with van der Waals surface area (Å²) in [5.41, 5.74) is 3.12. The van der Waals surface area contributed by atoms with Crippen LogP contribution in [0.3, 0.4) is 0 Å². The van der Waals surface area contributed by atoms with Crippen LogP contribution in [0.1, 0.15) is 187 Å². The fourth-order valence-electron chi connectivity index (χ4n) is 9.37. The predicted octanol–water partition coefficient (Wildman–Crippen LogP) is 9.10. The number of ether oxygens (including phenoxy) is 7. The Morgan fingerprint density at radius 1 is 0.483 bits per heavy atom. The van der Waals surface area contributed by atoms with Gasteiger partial charge in [0.1, 0.15) is 43.1 Å². The first kappa shape index (κ1) is 75.4. The second-order valence-corrected chi connectivity index (χ2v) is 24.9. The number of benzene rings is 2. The minimum absolute atomic E-state index is 0.0469. The summed E-state index contributed by atoms with van der Waals surface area (Å²) >= 11 is 2.00. The molecule has 1 aliphatic rings. The van der Waals surface area contributed by atoms with E-state index in [9.17, 15) is 43.5 Å². The number of hydrogen-bond acceptors (Lipinski definition) is 16. The van der Waals surface area contributed by atoms with Crippen LogP contribution in [0, 0.1) is 0 Å². The molecule has 2 unspecified atom stereocenters. The van der Waals surface area contributed by atoms with E-state index in [1.54, 1.807) is 20.8 Å². The number of hydrogen-bond donors (Lipinski definition) is 6. The molecule has 0 radical (unpaired) electrons. The molecule has 21 nitrogen and oxygen atoms in total. The van der Waals surface area contributed by atoms with Crippen molar-refractivity contribution in [1.82, 2.24) is 26.6 Å². The van der Waals surface area contributed by atoms with Crippen molar-refractivity contribution in [3.63, 3.8) is 0 Å². The quantitative estimate of drug-likeness (QED) is 0.0205. The highest BCUT2D eigenvalue weighted by Crippen LogP contribution is 2.44. The summed E-state index contributed by atoms with van der Waals surface area (Å²) in [6.07, 6.45) is 14.0. The lowest BCUT2D eigenvalue weighted by atomic mass is 9.98. The summed E-state index contributed by atoms with van der Waals surface area (Å²) in [5, 5.41) is 23.2. The van der Waals surface area contributed by atoms with Crippen molar-refractivity contribution in [3.05, 3.63) is 59.7 Å². The number of unbranched alkanes of at least 4 members (excludes halogenated alkanes) is 10. The molecule has 87 heavy (non-hydrogen) atoms. The molecule has 0 saturated heterocycles. The third-order valence-corrected chi connectivity index (χ3v) is 14.8. The van der Waals surface area contributed by atoms with E-state index in [1.807, 2.05) is 81.1 Å². The molecule has 0 bridgehead atoms. The Balaban J connectivity index is 1.08. The van der Waals surface area contributed by atoms with E-state index >= 15 is 0 Å². The number of fused-ring (bicyclic) bond motifs is 3. The van der Waals surface area contributed by atoms with Gasteiger partial charge in [-0.2, -0.15) is 11.8 Å². The smallest absolute Gasteiger partial charge is 0.407 e. The Hall–Kier alpha value is -5.81. The first-order valence-corrected chi connectivity index (χ1v) is 32.6. The van der Waals surface area contributed by atoms with E-state index in [0.717, 1.165) is 79.4 Å². The largest absolute Gasteiger partial charge is 0.480 e. The van der Waals surface area contributed by atoms with Crippen molar-refractivity contribution >= 4 is 59.4 Å². The van der Waals surface area contributed by atoms with Crippen LogP contribution in [0.25, 0.3) is 11.1 Å². The van der Waals surface area contributed by atoms with E-state index in [4.69, 9.17) is 33.2 Å². The molecule has 6 N–H and O–H groups in total.